The van der Waals surface area contributed by atoms with Crippen LogP contribution in [0, 0.1) is 16.2 Å². The van der Waals surface area contributed by atoms with Crippen LogP contribution in [0.25, 0.3) is 0 Å². The number of carbonyl (C=O) groups is 1. The molecule has 0 aromatic carbocycles. The van der Waals surface area contributed by atoms with Gasteiger partial charge >= 0.3 is 0 Å². The maximum absolute atomic E-state index is 13.5. The molecular formula is C21H22O3. The molecule has 3 nitrogen and oxygen atoms in total. The number of ketones is 1. The molecule has 2 unspecified atom stereocenters. The molecule has 4 aliphatic carbocycles. The zero-order valence-corrected chi connectivity index (χ0v) is 14.6. The highest BCUT2D eigenvalue weighted by Gasteiger charge is 2.63. The maximum atomic E-state index is 13.5. The lowest BCUT2D eigenvalue weighted by Gasteiger charge is -2.48. The van der Waals surface area contributed by atoms with Crippen LogP contribution in [0.15, 0.2) is 71.3 Å². The minimum absolute atomic E-state index is 0.136. The summed E-state index contributed by atoms with van der Waals surface area (Å²) in [5.74, 6) is 1.53. The van der Waals surface area contributed by atoms with E-state index in [-0.39, 0.29) is 11.2 Å². The lowest BCUT2D eigenvalue weighted by atomic mass is 9.52. The molecule has 4 aliphatic rings. The first kappa shape index (κ1) is 15.3. The van der Waals surface area contributed by atoms with Gasteiger partial charge in [0, 0.05) is 6.42 Å². The van der Waals surface area contributed by atoms with Crippen molar-refractivity contribution in [3.63, 3.8) is 0 Å². The van der Waals surface area contributed by atoms with Gasteiger partial charge < -0.3 is 9.47 Å². The predicted molar refractivity (Wildman–Crippen MR) is 92.9 cm³/mol. The molecule has 0 bridgehead atoms. The molecule has 4 rings (SSSR count). The van der Waals surface area contributed by atoms with Crippen molar-refractivity contribution in [2.45, 2.75) is 20.3 Å². The Morgan fingerprint density at radius 1 is 0.958 bits per heavy atom. The van der Waals surface area contributed by atoms with E-state index in [1.165, 1.54) is 0 Å². The monoisotopic (exact) mass is 322 g/mol. The average molecular weight is 322 g/mol. The van der Waals surface area contributed by atoms with Crippen molar-refractivity contribution in [2.75, 3.05) is 14.2 Å². The summed E-state index contributed by atoms with van der Waals surface area (Å²) in [5, 5.41) is 0. The minimum Gasteiger partial charge on any atom is -0.493 e. The number of ether oxygens (including phenoxy) is 2. The van der Waals surface area contributed by atoms with Crippen LogP contribution in [-0.4, -0.2) is 20.0 Å². The van der Waals surface area contributed by atoms with Gasteiger partial charge in [0.25, 0.3) is 0 Å². The second-order valence-electron chi connectivity index (χ2n) is 7.61. The Kier molecular flexibility index (Phi) is 2.94. The molecule has 0 aromatic heterocycles. The van der Waals surface area contributed by atoms with Crippen molar-refractivity contribution in [3.05, 3.63) is 71.3 Å². The van der Waals surface area contributed by atoms with E-state index in [4.69, 9.17) is 9.47 Å². The Bertz CT molecular complexity index is 816. The molecule has 2 spiro atoms. The van der Waals surface area contributed by atoms with Gasteiger partial charge in [0.1, 0.15) is 5.78 Å². The van der Waals surface area contributed by atoms with Crippen LogP contribution in [0.4, 0.5) is 0 Å². The first-order valence-corrected chi connectivity index (χ1v) is 8.27. The van der Waals surface area contributed by atoms with Gasteiger partial charge in [-0.25, -0.2) is 0 Å². The molecule has 2 atom stereocenters. The van der Waals surface area contributed by atoms with Crippen molar-refractivity contribution in [1.29, 1.82) is 0 Å². The lowest BCUT2D eigenvalue weighted by Crippen LogP contribution is -2.49. The van der Waals surface area contributed by atoms with Crippen molar-refractivity contribution < 1.29 is 14.3 Å². The van der Waals surface area contributed by atoms with E-state index in [0.717, 1.165) is 11.1 Å². The normalized spacial score (nSPS) is 35.1. The minimum atomic E-state index is -0.730. The van der Waals surface area contributed by atoms with Gasteiger partial charge in [-0.1, -0.05) is 50.3 Å². The molecule has 0 saturated heterocycles. The molecule has 0 radical (unpaired) electrons. The smallest absolute Gasteiger partial charge is 0.157 e. The van der Waals surface area contributed by atoms with Gasteiger partial charge in [-0.2, -0.15) is 0 Å². The first-order chi connectivity index (χ1) is 11.4. The lowest BCUT2D eigenvalue weighted by molar-refractivity contribution is -0.129. The van der Waals surface area contributed by atoms with Crippen LogP contribution in [0.1, 0.15) is 20.3 Å². The Morgan fingerprint density at radius 2 is 1.67 bits per heavy atom. The number of methoxy groups -OCH3 is 2. The molecule has 0 aromatic rings. The number of rotatable bonds is 2. The third kappa shape index (κ3) is 1.65. The van der Waals surface area contributed by atoms with Crippen molar-refractivity contribution >= 4 is 5.78 Å². The quantitative estimate of drug-likeness (QED) is 0.770. The van der Waals surface area contributed by atoms with Gasteiger partial charge in [0.2, 0.25) is 0 Å². The highest BCUT2D eigenvalue weighted by Crippen LogP contribution is 2.66. The van der Waals surface area contributed by atoms with Crippen molar-refractivity contribution in [3.8, 4) is 0 Å². The van der Waals surface area contributed by atoms with Crippen LogP contribution >= 0.6 is 0 Å². The molecule has 3 heteroatoms. The molecule has 124 valence electrons. The average Bonchev–Trinajstić information content (AvgIpc) is 2.82. The van der Waals surface area contributed by atoms with Gasteiger partial charge in [0.05, 0.1) is 25.0 Å². The molecule has 24 heavy (non-hydrogen) atoms. The highest BCUT2D eigenvalue weighted by atomic mass is 16.5. The Morgan fingerprint density at radius 3 is 2.38 bits per heavy atom. The fourth-order valence-corrected chi connectivity index (χ4v) is 4.61. The molecule has 0 saturated carbocycles. The zero-order valence-electron chi connectivity index (χ0n) is 14.6. The first-order valence-electron chi connectivity index (χ1n) is 8.27. The van der Waals surface area contributed by atoms with Gasteiger partial charge in [-0.05, 0) is 28.7 Å². The van der Waals surface area contributed by atoms with Crippen molar-refractivity contribution in [1.82, 2.24) is 0 Å². The molecular weight excluding hydrogens is 300 g/mol. The van der Waals surface area contributed by atoms with E-state index in [0.29, 0.717) is 17.9 Å². The third-order valence-electron chi connectivity index (χ3n) is 5.63. The molecule has 0 amide bonds. The van der Waals surface area contributed by atoms with E-state index >= 15 is 0 Å². The summed E-state index contributed by atoms with van der Waals surface area (Å²) in [5.41, 5.74) is 0.809. The molecule has 0 N–H and O–H groups in total. The van der Waals surface area contributed by atoms with Crippen LogP contribution in [0.5, 0.6) is 0 Å². The standard InChI is InChI=1S/C21H22O3/c1-19(2)10-15-9-14-7-5-6-8-20(14)11-16(23-3)17(24-4)12-21(15,20)18(22)13-19/h5-12H,13H2,1-4H3. The summed E-state index contributed by atoms with van der Waals surface area (Å²) in [6, 6.07) is 0. The second kappa shape index (κ2) is 4.62. The zero-order chi connectivity index (χ0) is 17.2. The Balaban J connectivity index is 2.06. The highest BCUT2D eigenvalue weighted by molar-refractivity contribution is 5.98. The second-order valence-corrected chi connectivity index (χ2v) is 7.61. The van der Waals surface area contributed by atoms with E-state index in [1.54, 1.807) is 14.2 Å². The van der Waals surface area contributed by atoms with Crippen LogP contribution in [0.3, 0.4) is 0 Å². The summed E-state index contributed by atoms with van der Waals surface area (Å²) >= 11 is 0. The van der Waals surface area contributed by atoms with Gasteiger partial charge in [0.15, 0.2) is 11.5 Å². The number of Topliss-reactive ketones (excluding diaryl/α,β-unsaturated/α-hetero) is 1. The van der Waals surface area contributed by atoms with E-state index < -0.39 is 10.8 Å². The maximum Gasteiger partial charge on any atom is 0.157 e. The van der Waals surface area contributed by atoms with Crippen molar-refractivity contribution in [2.24, 2.45) is 16.2 Å². The fraction of sp³-hybridized carbons (Fsp3) is 0.381. The SMILES string of the molecule is COC1=CC23C=CC=CC2=CC2=CC(C)(C)CC(=O)C23C=C1OC. The number of allylic oxidation sites excluding steroid dienone is 10. The summed E-state index contributed by atoms with van der Waals surface area (Å²) in [4.78, 5) is 13.5. The summed E-state index contributed by atoms with van der Waals surface area (Å²) < 4.78 is 11.1. The van der Waals surface area contributed by atoms with Crippen LogP contribution < -0.4 is 0 Å². The Labute approximate surface area is 142 Å². The largest absolute Gasteiger partial charge is 0.493 e. The van der Waals surface area contributed by atoms with E-state index in [1.807, 2.05) is 18.2 Å². The number of hydrogen-bond donors (Lipinski definition) is 0. The molecule has 0 fully saturated rings. The molecule has 0 heterocycles. The van der Waals surface area contributed by atoms with Crippen LogP contribution in [0.2, 0.25) is 0 Å². The number of carbonyl (C=O) groups excluding carboxylic acids is 1. The topological polar surface area (TPSA) is 35.5 Å². The third-order valence-corrected chi connectivity index (χ3v) is 5.63. The van der Waals surface area contributed by atoms with Crippen LogP contribution in [-0.2, 0) is 14.3 Å². The van der Waals surface area contributed by atoms with E-state index in [2.05, 4.69) is 44.2 Å². The fourth-order valence-electron chi connectivity index (χ4n) is 4.61. The predicted octanol–water partition coefficient (Wildman–Crippen LogP) is 4.02. The van der Waals surface area contributed by atoms with Gasteiger partial charge in [-0.3, -0.25) is 4.79 Å². The summed E-state index contributed by atoms with van der Waals surface area (Å²) in [6.07, 6.45) is 17.2. The van der Waals surface area contributed by atoms with E-state index in [9.17, 15) is 4.79 Å². The summed E-state index contributed by atoms with van der Waals surface area (Å²) in [7, 11) is 3.25. The molecule has 0 aliphatic heterocycles. The summed E-state index contributed by atoms with van der Waals surface area (Å²) in [6.45, 7) is 4.23. The van der Waals surface area contributed by atoms with Gasteiger partial charge in [-0.15, -0.1) is 0 Å². The number of hydrogen-bond acceptors (Lipinski definition) is 3. The Hall–Kier alpha value is -2.29.